The lowest BCUT2D eigenvalue weighted by Crippen LogP contribution is -2.08. The molecule has 0 saturated heterocycles. The Bertz CT molecular complexity index is 1050. The van der Waals surface area contributed by atoms with Crippen LogP contribution in [0.15, 0.2) is 60.8 Å². The van der Waals surface area contributed by atoms with E-state index in [1.807, 2.05) is 48.5 Å². The molecule has 0 saturated carbocycles. The Labute approximate surface area is 144 Å². The quantitative estimate of drug-likeness (QED) is 0.572. The number of fused-ring (bicyclic) bond motifs is 3. The largest absolute Gasteiger partial charge is 0.496 e. The lowest BCUT2D eigenvalue weighted by atomic mass is 10.1. The van der Waals surface area contributed by atoms with Crippen LogP contribution in [0.5, 0.6) is 5.75 Å². The average Bonchev–Trinajstić information content (AvgIpc) is 3.04. The fraction of sp³-hybridized carbons (Fsp3) is 0.100. The maximum atomic E-state index is 12.7. The molecule has 2 aromatic carbocycles. The molecule has 0 spiro atoms. The highest BCUT2D eigenvalue weighted by Gasteiger charge is 2.20. The van der Waals surface area contributed by atoms with E-state index < -0.39 is 5.97 Å². The number of carbonyl (C=O) groups excluding carboxylic acids is 1. The summed E-state index contributed by atoms with van der Waals surface area (Å²) in [6, 6.07) is 17.1. The van der Waals surface area contributed by atoms with Crippen LogP contribution in [0, 0.1) is 0 Å². The Kier molecular flexibility index (Phi) is 3.82. The first-order valence-corrected chi connectivity index (χ1v) is 7.92. The number of hydrogen-bond acceptors (Lipinski definition) is 4. The molecule has 0 radical (unpaired) electrons. The molecule has 0 aliphatic heterocycles. The van der Waals surface area contributed by atoms with Crippen molar-refractivity contribution in [2.24, 2.45) is 0 Å². The standard InChI is InChI=1S/C20H16N2O3/c1-24-17-10-9-15-14-7-2-3-8-16(14)22-19(15)18(17)20(23)25-12-13-6-4-5-11-21-13/h2-11,22H,12H2,1H3. The Morgan fingerprint density at radius 2 is 1.88 bits per heavy atom. The van der Waals surface area contributed by atoms with Gasteiger partial charge in [0.25, 0.3) is 0 Å². The van der Waals surface area contributed by atoms with Crippen LogP contribution in [0.3, 0.4) is 0 Å². The summed E-state index contributed by atoms with van der Waals surface area (Å²) in [7, 11) is 1.54. The van der Waals surface area contributed by atoms with Crippen LogP contribution >= 0.6 is 0 Å². The van der Waals surface area contributed by atoms with Crippen molar-refractivity contribution in [3.05, 3.63) is 72.1 Å². The molecule has 0 bridgehead atoms. The number of H-pyrrole nitrogens is 1. The highest BCUT2D eigenvalue weighted by atomic mass is 16.5. The van der Waals surface area contributed by atoms with Crippen molar-refractivity contribution in [3.63, 3.8) is 0 Å². The van der Waals surface area contributed by atoms with E-state index in [1.54, 1.807) is 19.4 Å². The number of hydrogen-bond donors (Lipinski definition) is 1. The number of para-hydroxylation sites is 1. The summed E-state index contributed by atoms with van der Waals surface area (Å²) in [6.45, 7) is 0.111. The number of rotatable bonds is 4. The Hall–Kier alpha value is -3.34. The summed E-state index contributed by atoms with van der Waals surface area (Å²) < 4.78 is 10.8. The Morgan fingerprint density at radius 1 is 1.04 bits per heavy atom. The van der Waals surface area contributed by atoms with Crippen molar-refractivity contribution in [3.8, 4) is 5.75 Å². The van der Waals surface area contributed by atoms with Crippen molar-refractivity contribution < 1.29 is 14.3 Å². The smallest absolute Gasteiger partial charge is 0.344 e. The van der Waals surface area contributed by atoms with E-state index in [0.717, 1.165) is 16.3 Å². The number of carbonyl (C=O) groups is 1. The van der Waals surface area contributed by atoms with Crippen LogP contribution < -0.4 is 4.74 Å². The van der Waals surface area contributed by atoms with Crippen molar-refractivity contribution in [2.45, 2.75) is 6.61 Å². The molecule has 0 atom stereocenters. The van der Waals surface area contributed by atoms with Gasteiger partial charge in [0.1, 0.15) is 17.9 Å². The number of aromatic nitrogens is 2. The number of benzene rings is 2. The number of methoxy groups -OCH3 is 1. The van der Waals surface area contributed by atoms with Crippen LogP contribution in [-0.2, 0) is 11.3 Å². The second kappa shape index (κ2) is 6.28. The second-order valence-corrected chi connectivity index (χ2v) is 5.63. The summed E-state index contributed by atoms with van der Waals surface area (Å²) in [5.41, 5.74) is 2.77. The summed E-state index contributed by atoms with van der Waals surface area (Å²) >= 11 is 0. The third-order valence-corrected chi connectivity index (χ3v) is 4.15. The van der Waals surface area contributed by atoms with Gasteiger partial charge in [0.2, 0.25) is 0 Å². The van der Waals surface area contributed by atoms with E-state index in [2.05, 4.69) is 9.97 Å². The number of aromatic amines is 1. The third kappa shape index (κ3) is 2.70. The molecule has 1 N–H and O–H groups in total. The topological polar surface area (TPSA) is 64.2 Å². The van der Waals surface area contributed by atoms with Gasteiger partial charge in [-0.2, -0.15) is 0 Å². The lowest BCUT2D eigenvalue weighted by Gasteiger charge is -2.10. The minimum absolute atomic E-state index is 0.111. The average molecular weight is 332 g/mol. The number of esters is 1. The first kappa shape index (κ1) is 15.2. The highest BCUT2D eigenvalue weighted by molar-refractivity contribution is 6.15. The third-order valence-electron chi connectivity index (χ3n) is 4.15. The van der Waals surface area contributed by atoms with Crippen molar-refractivity contribution in [1.82, 2.24) is 9.97 Å². The summed E-state index contributed by atoms with van der Waals surface area (Å²) in [5, 5.41) is 2.01. The molecule has 0 aliphatic carbocycles. The zero-order valence-electron chi connectivity index (χ0n) is 13.7. The maximum absolute atomic E-state index is 12.7. The van der Waals surface area contributed by atoms with Gasteiger partial charge in [-0.15, -0.1) is 0 Å². The van der Waals surface area contributed by atoms with Crippen molar-refractivity contribution >= 4 is 27.8 Å². The molecule has 4 aromatic rings. The van der Waals surface area contributed by atoms with Gasteiger partial charge in [-0.05, 0) is 30.3 Å². The molecular weight excluding hydrogens is 316 g/mol. The predicted octanol–water partition coefficient (Wildman–Crippen LogP) is 4.08. The molecule has 0 unspecified atom stereocenters. The van der Waals surface area contributed by atoms with E-state index in [0.29, 0.717) is 22.5 Å². The van der Waals surface area contributed by atoms with Gasteiger partial charge < -0.3 is 14.5 Å². The normalized spacial score (nSPS) is 10.9. The fourth-order valence-corrected chi connectivity index (χ4v) is 2.97. The van der Waals surface area contributed by atoms with E-state index in [-0.39, 0.29) is 6.61 Å². The van der Waals surface area contributed by atoms with Crippen molar-refractivity contribution in [2.75, 3.05) is 7.11 Å². The van der Waals surface area contributed by atoms with Crippen LogP contribution in [0.1, 0.15) is 16.1 Å². The number of pyridine rings is 1. The molecule has 5 nitrogen and oxygen atoms in total. The van der Waals surface area contributed by atoms with Crippen LogP contribution in [0.2, 0.25) is 0 Å². The molecule has 4 rings (SSSR count). The second-order valence-electron chi connectivity index (χ2n) is 5.63. The molecule has 2 aromatic heterocycles. The molecule has 0 fully saturated rings. The van der Waals surface area contributed by atoms with Gasteiger partial charge in [-0.1, -0.05) is 24.3 Å². The first-order valence-electron chi connectivity index (χ1n) is 7.92. The van der Waals surface area contributed by atoms with Gasteiger partial charge in [0.05, 0.1) is 18.3 Å². The number of nitrogens with one attached hydrogen (secondary N) is 1. The number of ether oxygens (including phenoxy) is 2. The molecule has 2 heterocycles. The van der Waals surface area contributed by atoms with Crippen LogP contribution in [0.4, 0.5) is 0 Å². The minimum atomic E-state index is -0.445. The van der Waals surface area contributed by atoms with Gasteiger partial charge in [0, 0.05) is 22.5 Å². The van der Waals surface area contributed by atoms with Gasteiger partial charge >= 0.3 is 5.97 Å². The predicted molar refractivity (Wildman–Crippen MR) is 95.7 cm³/mol. The zero-order chi connectivity index (χ0) is 17.2. The lowest BCUT2D eigenvalue weighted by molar-refractivity contribution is 0.0466. The minimum Gasteiger partial charge on any atom is -0.496 e. The maximum Gasteiger partial charge on any atom is 0.344 e. The molecule has 25 heavy (non-hydrogen) atoms. The Morgan fingerprint density at radius 3 is 2.68 bits per heavy atom. The van der Waals surface area contributed by atoms with Gasteiger partial charge in [-0.25, -0.2) is 4.79 Å². The zero-order valence-corrected chi connectivity index (χ0v) is 13.7. The molecular formula is C20H16N2O3. The summed E-state index contributed by atoms with van der Waals surface area (Å²) in [4.78, 5) is 20.2. The van der Waals surface area contributed by atoms with Crippen LogP contribution in [0.25, 0.3) is 21.8 Å². The SMILES string of the molecule is COc1ccc2c([nH]c3ccccc32)c1C(=O)OCc1ccccn1. The highest BCUT2D eigenvalue weighted by Crippen LogP contribution is 2.33. The van der Waals surface area contributed by atoms with Gasteiger partial charge in [0.15, 0.2) is 0 Å². The first-order chi connectivity index (χ1) is 12.3. The van der Waals surface area contributed by atoms with Gasteiger partial charge in [-0.3, -0.25) is 4.98 Å². The Balaban J connectivity index is 1.77. The van der Waals surface area contributed by atoms with E-state index in [9.17, 15) is 4.79 Å². The number of nitrogens with zero attached hydrogens (tertiary/aromatic N) is 1. The van der Waals surface area contributed by atoms with E-state index in [1.165, 1.54) is 0 Å². The van der Waals surface area contributed by atoms with E-state index >= 15 is 0 Å². The summed E-state index contributed by atoms with van der Waals surface area (Å²) in [6.07, 6.45) is 1.67. The molecule has 124 valence electrons. The molecule has 0 aliphatic rings. The van der Waals surface area contributed by atoms with Crippen molar-refractivity contribution in [1.29, 1.82) is 0 Å². The summed E-state index contributed by atoms with van der Waals surface area (Å²) in [5.74, 6) is 0.0322. The molecule has 0 amide bonds. The monoisotopic (exact) mass is 332 g/mol. The van der Waals surface area contributed by atoms with E-state index in [4.69, 9.17) is 9.47 Å². The molecule has 5 heteroatoms. The van der Waals surface area contributed by atoms with Crippen LogP contribution in [-0.4, -0.2) is 23.0 Å². The fourth-order valence-electron chi connectivity index (χ4n) is 2.97.